The second kappa shape index (κ2) is 13.9. The molecule has 12 atom stereocenters. The van der Waals surface area contributed by atoms with E-state index < -0.39 is 117 Å². The Morgan fingerprint density at radius 3 is 2.08 bits per heavy atom. The number of fused-ring (bicyclic) bond motifs is 3. The summed E-state index contributed by atoms with van der Waals surface area (Å²) in [5.41, 5.74) is -3.52. The highest BCUT2D eigenvalue weighted by Crippen LogP contribution is 2.72. The van der Waals surface area contributed by atoms with Crippen molar-refractivity contribution in [3.8, 4) is 0 Å². The first kappa shape index (κ1) is 39.9. The van der Waals surface area contributed by atoms with Crippen molar-refractivity contribution in [1.82, 2.24) is 0 Å². The van der Waals surface area contributed by atoms with Gasteiger partial charge in [-0.15, -0.1) is 0 Å². The molecule has 1 spiro atoms. The van der Waals surface area contributed by atoms with E-state index in [0.717, 1.165) is 0 Å². The van der Waals surface area contributed by atoms with Crippen LogP contribution in [0.4, 0.5) is 0 Å². The van der Waals surface area contributed by atoms with Crippen LogP contribution in [0.5, 0.6) is 0 Å². The zero-order valence-electron chi connectivity index (χ0n) is 28.3. The summed E-state index contributed by atoms with van der Waals surface area (Å²) in [4.78, 5) is 39.3. The number of aliphatic carboxylic acids is 2. The Bertz CT molecular complexity index is 1610. The van der Waals surface area contributed by atoms with Crippen molar-refractivity contribution >= 4 is 38.7 Å². The Morgan fingerprint density at radius 1 is 0.922 bits per heavy atom. The maximum atomic E-state index is 13.1. The van der Waals surface area contributed by atoms with E-state index in [1.165, 1.54) is 0 Å². The zero-order chi connectivity index (χ0) is 38.1. The minimum atomic E-state index is -5.51. The molecule has 0 aromatic heterocycles. The van der Waals surface area contributed by atoms with Crippen molar-refractivity contribution in [2.24, 2.45) is 39.9 Å². The fourth-order valence-electron chi connectivity index (χ4n) is 10.3. The number of hydrogen-bond acceptors (Lipinski definition) is 14. The number of aliphatic hydroxyl groups is 2. The van der Waals surface area contributed by atoms with Crippen LogP contribution in [0.1, 0.15) is 72.1 Å². The minimum Gasteiger partial charge on any atom is -0.480 e. The van der Waals surface area contributed by atoms with E-state index >= 15 is 0 Å². The maximum absolute atomic E-state index is 13.1. The first-order chi connectivity index (χ1) is 23.5. The summed E-state index contributed by atoms with van der Waals surface area (Å²) in [5.74, 6) is -5.84. The molecular weight excluding hydrogens is 724 g/mol. The lowest BCUT2D eigenvalue weighted by Gasteiger charge is -2.64. The lowest BCUT2D eigenvalue weighted by molar-refractivity contribution is -0.318. The molecule has 1 saturated heterocycles. The average Bonchev–Trinajstić information content (AvgIpc) is 3.16. The van der Waals surface area contributed by atoms with Gasteiger partial charge in [-0.3, -0.25) is 23.5 Å². The molecule has 0 amide bonds. The molecule has 5 fully saturated rings. The molecule has 4 saturated carbocycles. The summed E-state index contributed by atoms with van der Waals surface area (Å²) in [7, 11) is -11.0. The monoisotopic (exact) mass is 770 g/mol. The molecule has 0 aromatic carbocycles. The smallest absolute Gasteiger partial charge is 0.397 e. The van der Waals surface area contributed by atoms with Gasteiger partial charge in [0.15, 0.2) is 23.9 Å². The van der Waals surface area contributed by atoms with Gasteiger partial charge in [0.1, 0.15) is 12.2 Å². The van der Waals surface area contributed by atoms with Crippen LogP contribution in [-0.4, -0.2) is 114 Å². The molecule has 2 bridgehead atoms. The molecule has 6 N–H and O–H groups in total. The van der Waals surface area contributed by atoms with Gasteiger partial charge in [-0.1, -0.05) is 27.4 Å². The van der Waals surface area contributed by atoms with Gasteiger partial charge < -0.3 is 34.6 Å². The highest BCUT2D eigenvalue weighted by atomic mass is 32.3. The van der Waals surface area contributed by atoms with Crippen LogP contribution in [0.3, 0.4) is 0 Å². The van der Waals surface area contributed by atoms with Gasteiger partial charge in [-0.25, -0.2) is 8.37 Å². The number of aliphatic hydroxyl groups excluding tert-OH is 2. The second-order valence-corrected chi connectivity index (χ2v) is 17.4. The van der Waals surface area contributed by atoms with Gasteiger partial charge in [0.25, 0.3) is 0 Å². The highest BCUT2D eigenvalue weighted by Gasteiger charge is 2.72. The normalized spacial score (nSPS) is 40.7. The lowest BCUT2D eigenvalue weighted by Crippen LogP contribution is -2.67. The van der Waals surface area contributed by atoms with Crippen LogP contribution in [0.15, 0.2) is 12.2 Å². The van der Waals surface area contributed by atoms with E-state index in [9.17, 15) is 60.8 Å². The molecule has 290 valence electrons. The van der Waals surface area contributed by atoms with Crippen LogP contribution in [0.2, 0.25) is 0 Å². The van der Waals surface area contributed by atoms with Gasteiger partial charge >= 0.3 is 38.7 Å². The summed E-state index contributed by atoms with van der Waals surface area (Å²) in [6.07, 6.45) is -11.5. The maximum Gasteiger partial charge on any atom is 0.397 e. The Balaban J connectivity index is 1.59. The third-order valence-corrected chi connectivity index (χ3v) is 12.9. The summed E-state index contributed by atoms with van der Waals surface area (Å²) in [6, 6.07) is 0. The van der Waals surface area contributed by atoms with Crippen molar-refractivity contribution in [2.45, 2.75) is 115 Å². The van der Waals surface area contributed by atoms with E-state index in [1.807, 2.05) is 0 Å². The average molecular weight is 771 g/mol. The van der Waals surface area contributed by atoms with E-state index in [1.54, 1.807) is 20.8 Å². The number of carbonyl (C=O) groups is 3. The van der Waals surface area contributed by atoms with Crippen LogP contribution >= 0.6 is 0 Å². The number of carbonyl (C=O) groups excluding carboxylic acids is 1. The van der Waals surface area contributed by atoms with Gasteiger partial charge in [-0.2, -0.15) is 16.8 Å². The van der Waals surface area contributed by atoms with Crippen LogP contribution in [0, 0.1) is 39.9 Å². The number of ether oxygens (including phenoxy) is 3. The van der Waals surface area contributed by atoms with Crippen LogP contribution < -0.4 is 0 Å². The number of rotatable bonds is 12. The van der Waals surface area contributed by atoms with Crippen LogP contribution in [-0.2, 0) is 57.8 Å². The standard InChI is InChI=1S/C31H46O18S2/c1-14(2)9-21(33)47-24-23(49-51(42,43)44)22(48-50(39,40)41)18(13-32)46-26(24)45-17-11-29(4)19-6-5-16-10-30(19,25(34)15(16)3)8-7-20(29)31(12-17,27(35)36)28(37)38/h14,16-20,22-26,32,34H,3,5-13H2,1-2,4H3,(H,35,36)(H,37,38)(H,39,40,41)(H,42,43,44)/t16-,17-,18+,19-,20-,22+,23-,24+,25+,26+,29-,30-/m0/s1. The summed E-state index contributed by atoms with van der Waals surface area (Å²) in [6.45, 7) is 8.03. The van der Waals surface area contributed by atoms with Crippen molar-refractivity contribution < 1.29 is 83.3 Å². The van der Waals surface area contributed by atoms with E-state index in [0.29, 0.717) is 31.3 Å². The molecule has 1 heterocycles. The third-order valence-electron chi connectivity index (χ3n) is 12.0. The highest BCUT2D eigenvalue weighted by molar-refractivity contribution is 7.81. The lowest BCUT2D eigenvalue weighted by atomic mass is 9.40. The Kier molecular flexibility index (Phi) is 10.8. The predicted molar refractivity (Wildman–Crippen MR) is 169 cm³/mol. The number of carboxylic acid groups (broad SMARTS) is 2. The summed E-state index contributed by atoms with van der Waals surface area (Å²) < 4.78 is 93.4. The molecule has 51 heavy (non-hydrogen) atoms. The van der Waals surface area contributed by atoms with Crippen molar-refractivity contribution in [3.63, 3.8) is 0 Å². The summed E-state index contributed by atoms with van der Waals surface area (Å²) >= 11 is 0. The van der Waals surface area contributed by atoms with Crippen molar-refractivity contribution in [3.05, 3.63) is 12.2 Å². The molecule has 0 radical (unpaired) electrons. The number of esters is 1. The van der Waals surface area contributed by atoms with Gasteiger partial charge in [0.05, 0.1) is 18.8 Å². The van der Waals surface area contributed by atoms with E-state index in [4.69, 9.17) is 18.4 Å². The fraction of sp³-hybridized carbons (Fsp3) is 0.839. The Hall–Kier alpha value is -2.27. The Labute approximate surface area is 295 Å². The van der Waals surface area contributed by atoms with E-state index in [-0.39, 0.29) is 37.0 Å². The predicted octanol–water partition coefficient (Wildman–Crippen LogP) is 1.12. The quantitative estimate of drug-likeness (QED) is 0.0533. The summed E-state index contributed by atoms with van der Waals surface area (Å²) in [5, 5.41) is 42.9. The molecule has 20 heteroatoms. The number of hydrogen-bond donors (Lipinski definition) is 6. The zero-order valence-corrected chi connectivity index (χ0v) is 30.0. The first-order valence-electron chi connectivity index (χ1n) is 16.7. The number of carboxylic acids is 2. The molecular formula is C31H46O18S2. The van der Waals surface area contributed by atoms with Gasteiger partial charge in [-0.05, 0) is 73.2 Å². The molecule has 1 aliphatic heterocycles. The molecule has 4 aliphatic carbocycles. The SMILES string of the molecule is C=C1[C@H]2CC[C@H]3[C@]4(C)C[C@H](O[C@@H]5O[C@H](CO)[C@@H](OS(=O)(=O)O)[C@H](OS(=O)(=O)O)[C@H]5OC(=O)CC(C)C)CC(C(=O)O)(C(=O)O)[C@H]4CC[C@@]3(C2)[C@@H]1O. The minimum absolute atomic E-state index is 0.00133. The molecule has 0 aromatic rings. The molecule has 5 aliphatic rings. The first-order valence-corrected chi connectivity index (χ1v) is 19.5. The topological polar surface area (TPSA) is 287 Å². The van der Waals surface area contributed by atoms with Crippen molar-refractivity contribution in [2.75, 3.05) is 6.61 Å². The van der Waals surface area contributed by atoms with E-state index in [2.05, 4.69) is 10.8 Å². The fourth-order valence-corrected chi connectivity index (χ4v) is 11.3. The third kappa shape index (κ3) is 7.20. The largest absolute Gasteiger partial charge is 0.480 e. The molecule has 5 rings (SSSR count). The Morgan fingerprint density at radius 2 is 1.53 bits per heavy atom. The second-order valence-electron chi connectivity index (χ2n) is 15.3. The van der Waals surface area contributed by atoms with Crippen molar-refractivity contribution in [1.29, 1.82) is 0 Å². The molecule has 0 unspecified atom stereocenters. The molecule has 18 nitrogen and oxygen atoms in total. The van der Waals surface area contributed by atoms with Gasteiger partial charge in [0.2, 0.25) is 0 Å². The van der Waals surface area contributed by atoms with Gasteiger partial charge in [0, 0.05) is 18.3 Å². The van der Waals surface area contributed by atoms with Crippen LogP contribution in [0.25, 0.3) is 0 Å².